The van der Waals surface area contributed by atoms with Crippen LogP contribution in [0, 0.1) is 6.92 Å². The van der Waals surface area contributed by atoms with Gasteiger partial charge in [-0.3, -0.25) is 9.78 Å². The first-order valence-electron chi connectivity index (χ1n) is 8.64. The van der Waals surface area contributed by atoms with Crippen LogP contribution in [0.2, 0.25) is 0 Å². The number of nitrogens with one attached hydrogen (secondary N) is 2. The SMILES string of the molecule is COc1cccc2c(NCCC(=O)NC3CCCC3)c(C)cnc12. The van der Waals surface area contributed by atoms with Gasteiger partial charge in [0.25, 0.3) is 0 Å². The third kappa shape index (κ3) is 3.61. The van der Waals surface area contributed by atoms with Crippen LogP contribution in [-0.2, 0) is 4.79 Å². The summed E-state index contributed by atoms with van der Waals surface area (Å²) in [5, 5.41) is 7.55. The Morgan fingerprint density at radius 1 is 1.33 bits per heavy atom. The Labute approximate surface area is 142 Å². The van der Waals surface area contributed by atoms with Gasteiger partial charge in [-0.05, 0) is 31.4 Å². The maximum absolute atomic E-state index is 12.1. The van der Waals surface area contributed by atoms with Crippen molar-refractivity contribution in [2.75, 3.05) is 19.0 Å². The Kier molecular flexibility index (Phi) is 5.18. The second-order valence-electron chi connectivity index (χ2n) is 6.40. The first kappa shape index (κ1) is 16.6. The molecule has 0 aliphatic heterocycles. The predicted molar refractivity (Wildman–Crippen MR) is 96.5 cm³/mol. The number of carbonyl (C=O) groups excluding carboxylic acids is 1. The van der Waals surface area contributed by atoms with Crippen LogP contribution in [0.3, 0.4) is 0 Å². The van der Waals surface area contributed by atoms with E-state index in [9.17, 15) is 4.79 Å². The molecule has 1 aliphatic rings. The highest BCUT2D eigenvalue weighted by Crippen LogP contribution is 2.31. The number of carbonyl (C=O) groups is 1. The molecule has 3 rings (SSSR count). The molecule has 5 heteroatoms. The molecule has 0 saturated heterocycles. The predicted octanol–water partition coefficient (Wildman–Crippen LogP) is 3.41. The van der Waals surface area contributed by atoms with E-state index in [1.165, 1.54) is 12.8 Å². The standard InChI is InChI=1S/C19H25N3O2/c1-13-12-21-19-15(8-5-9-16(19)24-2)18(13)20-11-10-17(23)22-14-6-3-4-7-14/h5,8-9,12,14H,3-4,6-7,10-11H2,1-2H3,(H,20,21)(H,22,23). The zero-order valence-corrected chi connectivity index (χ0v) is 14.4. The molecule has 128 valence electrons. The minimum atomic E-state index is 0.128. The summed E-state index contributed by atoms with van der Waals surface area (Å²) in [6.07, 6.45) is 7.01. The van der Waals surface area contributed by atoms with Gasteiger partial charge in [-0.1, -0.05) is 25.0 Å². The lowest BCUT2D eigenvalue weighted by molar-refractivity contribution is -0.121. The smallest absolute Gasteiger partial charge is 0.221 e. The van der Waals surface area contributed by atoms with Gasteiger partial charge in [0.1, 0.15) is 11.3 Å². The number of amides is 1. The van der Waals surface area contributed by atoms with E-state index < -0.39 is 0 Å². The third-order valence-corrected chi connectivity index (χ3v) is 4.64. The Hall–Kier alpha value is -2.30. The number of rotatable bonds is 6. The molecule has 24 heavy (non-hydrogen) atoms. The van der Waals surface area contributed by atoms with E-state index in [-0.39, 0.29) is 5.91 Å². The highest BCUT2D eigenvalue weighted by molar-refractivity contribution is 5.96. The molecular formula is C19H25N3O2. The average Bonchev–Trinajstić information content (AvgIpc) is 3.09. The van der Waals surface area contributed by atoms with Gasteiger partial charge in [0.05, 0.1) is 7.11 Å². The van der Waals surface area contributed by atoms with Crippen LogP contribution >= 0.6 is 0 Å². The Morgan fingerprint density at radius 2 is 2.12 bits per heavy atom. The summed E-state index contributed by atoms with van der Waals surface area (Å²) in [5.74, 6) is 0.887. The molecule has 1 aromatic carbocycles. The van der Waals surface area contributed by atoms with Crippen LogP contribution in [0.1, 0.15) is 37.7 Å². The first-order chi connectivity index (χ1) is 11.7. The number of aromatic nitrogens is 1. The van der Waals surface area contributed by atoms with Gasteiger partial charge in [-0.2, -0.15) is 0 Å². The molecule has 2 aromatic rings. The van der Waals surface area contributed by atoms with Crippen molar-refractivity contribution in [3.63, 3.8) is 0 Å². The quantitative estimate of drug-likeness (QED) is 0.853. The van der Waals surface area contributed by atoms with Gasteiger partial charge < -0.3 is 15.4 Å². The normalized spacial score (nSPS) is 14.8. The fourth-order valence-electron chi connectivity index (χ4n) is 3.37. The number of ether oxygens (including phenoxy) is 1. The fraction of sp³-hybridized carbons (Fsp3) is 0.474. The van der Waals surface area contributed by atoms with Crippen molar-refractivity contribution < 1.29 is 9.53 Å². The van der Waals surface area contributed by atoms with Crippen LogP contribution < -0.4 is 15.4 Å². The molecule has 0 spiro atoms. The van der Waals surface area contributed by atoms with Crippen molar-refractivity contribution in [3.8, 4) is 5.75 Å². The van der Waals surface area contributed by atoms with Gasteiger partial charge in [-0.25, -0.2) is 0 Å². The van der Waals surface area contributed by atoms with Gasteiger partial charge >= 0.3 is 0 Å². The summed E-state index contributed by atoms with van der Waals surface area (Å²) in [5.41, 5.74) is 2.92. The molecule has 1 heterocycles. The largest absolute Gasteiger partial charge is 0.494 e. The zero-order valence-electron chi connectivity index (χ0n) is 14.4. The van der Waals surface area contributed by atoms with Crippen LogP contribution in [0.25, 0.3) is 10.9 Å². The molecule has 1 amide bonds. The van der Waals surface area contributed by atoms with Gasteiger partial charge in [0, 0.05) is 36.3 Å². The van der Waals surface area contributed by atoms with Crippen LogP contribution in [0.5, 0.6) is 5.75 Å². The van der Waals surface area contributed by atoms with E-state index in [1.54, 1.807) is 7.11 Å². The second-order valence-corrected chi connectivity index (χ2v) is 6.40. The van der Waals surface area contributed by atoms with E-state index >= 15 is 0 Å². The molecule has 1 aromatic heterocycles. The highest BCUT2D eigenvalue weighted by Gasteiger charge is 2.17. The molecule has 0 radical (unpaired) electrons. The average molecular weight is 327 g/mol. The highest BCUT2D eigenvalue weighted by atomic mass is 16.5. The van der Waals surface area contributed by atoms with Gasteiger partial charge in [-0.15, -0.1) is 0 Å². The summed E-state index contributed by atoms with van der Waals surface area (Å²) in [6, 6.07) is 6.27. The number of nitrogens with zero attached hydrogens (tertiary/aromatic N) is 1. The lowest BCUT2D eigenvalue weighted by Gasteiger charge is -2.15. The van der Waals surface area contributed by atoms with E-state index in [4.69, 9.17) is 4.74 Å². The minimum absolute atomic E-state index is 0.128. The van der Waals surface area contributed by atoms with Crippen LogP contribution in [0.15, 0.2) is 24.4 Å². The Morgan fingerprint density at radius 3 is 2.88 bits per heavy atom. The molecule has 0 atom stereocenters. The number of benzene rings is 1. The molecule has 2 N–H and O–H groups in total. The van der Waals surface area contributed by atoms with Crippen molar-refractivity contribution in [3.05, 3.63) is 30.0 Å². The molecule has 1 saturated carbocycles. The lowest BCUT2D eigenvalue weighted by atomic mass is 10.1. The number of hydrogen-bond donors (Lipinski definition) is 2. The monoisotopic (exact) mass is 327 g/mol. The molecule has 0 bridgehead atoms. The summed E-state index contributed by atoms with van der Waals surface area (Å²) in [4.78, 5) is 16.5. The van der Waals surface area contributed by atoms with Crippen molar-refractivity contribution in [1.29, 1.82) is 0 Å². The van der Waals surface area contributed by atoms with Crippen molar-refractivity contribution in [2.45, 2.75) is 45.1 Å². The molecule has 5 nitrogen and oxygen atoms in total. The molecular weight excluding hydrogens is 302 g/mol. The van der Waals surface area contributed by atoms with Crippen LogP contribution in [0.4, 0.5) is 5.69 Å². The van der Waals surface area contributed by atoms with E-state index in [2.05, 4.69) is 15.6 Å². The summed E-state index contributed by atoms with van der Waals surface area (Å²) >= 11 is 0. The van der Waals surface area contributed by atoms with E-state index in [0.717, 1.165) is 40.7 Å². The van der Waals surface area contributed by atoms with Crippen molar-refractivity contribution in [2.24, 2.45) is 0 Å². The summed E-state index contributed by atoms with van der Waals surface area (Å²) in [6.45, 7) is 2.63. The molecule has 1 aliphatic carbocycles. The Bertz CT molecular complexity index is 724. The molecule has 0 unspecified atom stereocenters. The zero-order chi connectivity index (χ0) is 16.9. The number of anilines is 1. The van der Waals surface area contributed by atoms with Gasteiger partial charge in [0.2, 0.25) is 5.91 Å². The van der Waals surface area contributed by atoms with Gasteiger partial charge in [0.15, 0.2) is 0 Å². The number of pyridine rings is 1. The number of aryl methyl sites for hydroxylation is 1. The molecule has 1 fully saturated rings. The lowest BCUT2D eigenvalue weighted by Crippen LogP contribution is -2.33. The first-order valence-corrected chi connectivity index (χ1v) is 8.64. The summed E-state index contributed by atoms with van der Waals surface area (Å²) in [7, 11) is 1.65. The van der Waals surface area contributed by atoms with Crippen LogP contribution in [-0.4, -0.2) is 30.6 Å². The third-order valence-electron chi connectivity index (χ3n) is 4.64. The minimum Gasteiger partial charge on any atom is -0.494 e. The number of fused-ring (bicyclic) bond motifs is 1. The van der Waals surface area contributed by atoms with Crippen molar-refractivity contribution >= 4 is 22.5 Å². The van der Waals surface area contributed by atoms with Crippen molar-refractivity contribution in [1.82, 2.24) is 10.3 Å². The number of methoxy groups -OCH3 is 1. The fourth-order valence-corrected chi connectivity index (χ4v) is 3.37. The second kappa shape index (κ2) is 7.51. The maximum atomic E-state index is 12.1. The Balaban J connectivity index is 1.66. The number of para-hydroxylation sites is 1. The van der Waals surface area contributed by atoms with E-state index in [1.807, 2.05) is 31.3 Å². The summed E-state index contributed by atoms with van der Waals surface area (Å²) < 4.78 is 5.38. The van der Waals surface area contributed by atoms with E-state index in [0.29, 0.717) is 19.0 Å². The number of hydrogen-bond acceptors (Lipinski definition) is 4. The maximum Gasteiger partial charge on any atom is 0.221 e. The topological polar surface area (TPSA) is 63.2 Å².